The van der Waals surface area contributed by atoms with Crippen molar-refractivity contribution >= 4 is 23.5 Å². The first-order valence-corrected chi connectivity index (χ1v) is 6.06. The standard InChI is InChI=1S/C14H13N3OS/c15-14(19)17-16-10-11-6-8-13(9-7-11)18-12-4-2-1-3-5-12/h1-10H,(H3,15,17,19). The van der Waals surface area contributed by atoms with Gasteiger partial charge in [0.1, 0.15) is 11.5 Å². The molecule has 0 fully saturated rings. The van der Waals surface area contributed by atoms with Crippen LogP contribution >= 0.6 is 12.2 Å². The second-order valence-corrected chi connectivity index (χ2v) is 4.16. The summed E-state index contributed by atoms with van der Waals surface area (Å²) in [4.78, 5) is 0. The molecule has 0 heterocycles. The first-order chi connectivity index (χ1) is 9.24. The largest absolute Gasteiger partial charge is 0.457 e. The number of nitrogens with one attached hydrogen (secondary N) is 1. The number of ether oxygens (including phenoxy) is 1. The van der Waals surface area contributed by atoms with Crippen molar-refractivity contribution in [2.45, 2.75) is 0 Å². The number of rotatable bonds is 4. The molecular weight excluding hydrogens is 258 g/mol. The smallest absolute Gasteiger partial charge is 0.184 e. The summed E-state index contributed by atoms with van der Waals surface area (Å²) in [5, 5.41) is 4.01. The molecule has 3 N–H and O–H groups in total. The second-order valence-electron chi connectivity index (χ2n) is 3.72. The van der Waals surface area contributed by atoms with E-state index in [1.54, 1.807) is 6.21 Å². The first-order valence-electron chi connectivity index (χ1n) is 5.65. The van der Waals surface area contributed by atoms with Crippen molar-refractivity contribution < 1.29 is 4.74 Å². The highest BCUT2D eigenvalue weighted by atomic mass is 32.1. The van der Waals surface area contributed by atoms with Gasteiger partial charge < -0.3 is 10.5 Å². The SMILES string of the molecule is NC(=S)NN=Cc1ccc(Oc2ccccc2)cc1. The van der Waals surface area contributed by atoms with Gasteiger partial charge in [-0.3, -0.25) is 5.43 Å². The lowest BCUT2D eigenvalue weighted by Crippen LogP contribution is -2.23. The third-order valence-corrected chi connectivity index (χ3v) is 2.34. The van der Waals surface area contributed by atoms with Gasteiger partial charge in [0.15, 0.2) is 5.11 Å². The van der Waals surface area contributed by atoms with Crippen LogP contribution in [0.15, 0.2) is 59.7 Å². The van der Waals surface area contributed by atoms with Gasteiger partial charge in [-0.25, -0.2) is 0 Å². The topological polar surface area (TPSA) is 59.6 Å². The van der Waals surface area contributed by atoms with E-state index in [0.29, 0.717) is 0 Å². The van der Waals surface area contributed by atoms with Crippen LogP contribution in [0.25, 0.3) is 0 Å². The highest BCUT2D eigenvalue weighted by Crippen LogP contribution is 2.20. The summed E-state index contributed by atoms with van der Waals surface area (Å²) >= 11 is 4.64. The lowest BCUT2D eigenvalue weighted by molar-refractivity contribution is 0.482. The zero-order valence-corrected chi connectivity index (χ0v) is 10.9. The van der Waals surface area contributed by atoms with Crippen LogP contribution in [0, 0.1) is 0 Å². The Morgan fingerprint density at radius 3 is 2.32 bits per heavy atom. The third kappa shape index (κ3) is 4.40. The summed E-state index contributed by atoms with van der Waals surface area (Å²) < 4.78 is 5.68. The Bertz CT molecular complexity index is 567. The number of hydrazone groups is 1. The minimum atomic E-state index is 0.139. The average Bonchev–Trinajstić information content (AvgIpc) is 2.42. The summed E-state index contributed by atoms with van der Waals surface area (Å²) in [5.74, 6) is 1.57. The maximum atomic E-state index is 5.68. The zero-order valence-electron chi connectivity index (χ0n) is 10.1. The Balaban J connectivity index is 1.98. The Morgan fingerprint density at radius 1 is 1.05 bits per heavy atom. The van der Waals surface area contributed by atoms with Crippen LogP contribution in [0.4, 0.5) is 0 Å². The molecule has 5 heteroatoms. The maximum Gasteiger partial charge on any atom is 0.184 e. The van der Waals surface area contributed by atoms with Crippen molar-refractivity contribution in [3.8, 4) is 11.5 Å². The zero-order chi connectivity index (χ0) is 13.5. The highest BCUT2D eigenvalue weighted by molar-refractivity contribution is 7.80. The van der Waals surface area contributed by atoms with Crippen molar-refractivity contribution in [3.05, 3.63) is 60.2 Å². The van der Waals surface area contributed by atoms with E-state index < -0.39 is 0 Å². The monoisotopic (exact) mass is 271 g/mol. The molecule has 2 aromatic rings. The van der Waals surface area contributed by atoms with Gasteiger partial charge in [-0.15, -0.1) is 0 Å². The molecule has 2 rings (SSSR count). The average molecular weight is 271 g/mol. The van der Waals surface area contributed by atoms with E-state index >= 15 is 0 Å². The Hall–Kier alpha value is -2.40. The Labute approximate surface area is 116 Å². The molecule has 0 aliphatic rings. The lowest BCUT2D eigenvalue weighted by Gasteiger charge is -2.05. The fraction of sp³-hybridized carbons (Fsp3) is 0. The quantitative estimate of drug-likeness (QED) is 0.510. The number of thiocarbonyl (C=S) groups is 1. The van der Waals surface area contributed by atoms with Crippen molar-refractivity contribution in [3.63, 3.8) is 0 Å². The molecule has 96 valence electrons. The molecule has 2 aromatic carbocycles. The number of benzene rings is 2. The van der Waals surface area contributed by atoms with Crippen LogP contribution in [0.3, 0.4) is 0 Å². The lowest BCUT2D eigenvalue weighted by atomic mass is 10.2. The summed E-state index contributed by atoms with van der Waals surface area (Å²) in [6, 6.07) is 17.1. The van der Waals surface area contributed by atoms with E-state index in [1.807, 2.05) is 54.6 Å². The predicted molar refractivity (Wildman–Crippen MR) is 80.5 cm³/mol. The van der Waals surface area contributed by atoms with Crippen LogP contribution in [0.1, 0.15) is 5.56 Å². The molecule has 0 unspecified atom stereocenters. The number of para-hydroxylation sites is 1. The molecule has 0 aliphatic carbocycles. The molecule has 0 bridgehead atoms. The van der Waals surface area contributed by atoms with Crippen LogP contribution in [-0.2, 0) is 0 Å². The van der Waals surface area contributed by atoms with Gasteiger partial charge in [0.25, 0.3) is 0 Å². The number of hydrogen-bond donors (Lipinski definition) is 2. The Morgan fingerprint density at radius 2 is 1.68 bits per heavy atom. The van der Waals surface area contributed by atoms with Crippen LogP contribution < -0.4 is 15.9 Å². The number of nitrogens with two attached hydrogens (primary N) is 1. The molecule has 0 saturated carbocycles. The van der Waals surface area contributed by atoms with Gasteiger partial charge in [-0.1, -0.05) is 18.2 Å². The predicted octanol–water partition coefficient (Wildman–Crippen LogP) is 2.65. The molecular formula is C14H13N3OS. The van der Waals surface area contributed by atoms with Crippen molar-refractivity contribution in [2.75, 3.05) is 0 Å². The molecule has 0 saturated heterocycles. The van der Waals surface area contributed by atoms with Gasteiger partial charge in [0.05, 0.1) is 6.21 Å². The first kappa shape index (κ1) is 13.0. The molecule has 0 aliphatic heterocycles. The van der Waals surface area contributed by atoms with Crippen LogP contribution in [0.2, 0.25) is 0 Å². The minimum absolute atomic E-state index is 0.139. The molecule has 19 heavy (non-hydrogen) atoms. The van der Waals surface area contributed by atoms with Gasteiger partial charge in [0, 0.05) is 0 Å². The number of nitrogens with zero attached hydrogens (tertiary/aromatic N) is 1. The van der Waals surface area contributed by atoms with Gasteiger partial charge in [0.2, 0.25) is 0 Å². The van der Waals surface area contributed by atoms with Crippen LogP contribution in [0.5, 0.6) is 11.5 Å². The van der Waals surface area contributed by atoms with E-state index in [2.05, 4.69) is 22.7 Å². The molecule has 0 aromatic heterocycles. The maximum absolute atomic E-state index is 5.68. The van der Waals surface area contributed by atoms with Crippen molar-refractivity contribution in [2.24, 2.45) is 10.8 Å². The van der Waals surface area contributed by atoms with Gasteiger partial charge in [-0.2, -0.15) is 5.10 Å². The van der Waals surface area contributed by atoms with Gasteiger partial charge in [-0.05, 0) is 54.2 Å². The van der Waals surface area contributed by atoms with Gasteiger partial charge >= 0.3 is 0 Å². The van der Waals surface area contributed by atoms with E-state index in [0.717, 1.165) is 17.1 Å². The number of hydrogen-bond acceptors (Lipinski definition) is 3. The summed E-state index contributed by atoms with van der Waals surface area (Å²) in [5.41, 5.74) is 8.67. The minimum Gasteiger partial charge on any atom is -0.457 e. The van der Waals surface area contributed by atoms with Crippen LogP contribution in [-0.4, -0.2) is 11.3 Å². The molecule has 0 spiro atoms. The van der Waals surface area contributed by atoms with E-state index in [9.17, 15) is 0 Å². The molecule has 0 atom stereocenters. The van der Waals surface area contributed by atoms with E-state index in [-0.39, 0.29) is 5.11 Å². The van der Waals surface area contributed by atoms with Crippen molar-refractivity contribution in [1.29, 1.82) is 0 Å². The molecule has 0 radical (unpaired) electrons. The fourth-order valence-corrected chi connectivity index (χ4v) is 1.47. The summed E-state index contributed by atoms with van der Waals surface area (Å²) in [6.45, 7) is 0. The second kappa shape index (κ2) is 6.51. The summed E-state index contributed by atoms with van der Waals surface area (Å²) in [7, 11) is 0. The van der Waals surface area contributed by atoms with E-state index in [4.69, 9.17) is 10.5 Å². The summed E-state index contributed by atoms with van der Waals surface area (Å²) in [6.07, 6.45) is 1.63. The fourth-order valence-electron chi connectivity index (χ4n) is 1.42. The normalized spacial score (nSPS) is 10.3. The molecule has 4 nitrogen and oxygen atoms in total. The molecule has 0 amide bonds. The van der Waals surface area contributed by atoms with Crippen molar-refractivity contribution in [1.82, 2.24) is 5.43 Å². The van der Waals surface area contributed by atoms with E-state index in [1.165, 1.54) is 0 Å². The third-order valence-electron chi connectivity index (χ3n) is 2.25. The highest BCUT2D eigenvalue weighted by Gasteiger charge is 1.96. The Kier molecular flexibility index (Phi) is 4.47.